The minimum Gasteiger partial charge on any atom is -0.489 e. The second-order valence-corrected chi connectivity index (χ2v) is 5.49. The first-order valence-electron chi connectivity index (χ1n) is 6.00. The van der Waals surface area contributed by atoms with Gasteiger partial charge in [-0.25, -0.2) is 0 Å². The molecule has 19 heavy (non-hydrogen) atoms. The van der Waals surface area contributed by atoms with Crippen LogP contribution in [0.15, 0.2) is 46.9 Å². The number of hydrogen-bond acceptors (Lipinski definition) is 2. The average molecular weight is 341 g/mol. The summed E-state index contributed by atoms with van der Waals surface area (Å²) in [6.45, 7) is 1.21. The van der Waals surface area contributed by atoms with Crippen LogP contribution >= 0.6 is 27.5 Å². The van der Waals surface area contributed by atoms with Crippen LogP contribution < -0.4 is 10.1 Å². The molecule has 0 amide bonds. The van der Waals surface area contributed by atoms with Crippen LogP contribution in [0.1, 0.15) is 11.1 Å². The molecule has 2 aromatic carbocycles. The zero-order valence-electron chi connectivity index (χ0n) is 10.6. The molecule has 1 N–H and O–H groups in total. The van der Waals surface area contributed by atoms with Gasteiger partial charge < -0.3 is 10.1 Å². The number of rotatable bonds is 5. The van der Waals surface area contributed by atoms with Crippen LogP contribution in [-0.2, 0) is 13.2 Å². The first-order chi connectivity index (χ1) is 9.20. The Morgan fingerprint density at radius 1 is 1.21 bits per heavy atom. The van der Waals surface area contributed by atoms with Crippen molar-refractivity contribution in [3.05, 3.63) is 63.1 Å². The van der Waals surface area contributed by atoms with Crippen molar-refractivity contribution in [2.75, 3.05) is 7.05 Å². The lowest BCUT2D eigenvalue weighted by Gasteiger charge is -2.13. The highest BCUT2D eigenvalue weighted by Gasteiger charge is 2.07. The molecule has 0 atom stereocenters. The van der Waals surface area contributed by atoms with Gasteiger partial charge >= 0.3 is 0 Å². The second-order valence-electron chi connectivity index (χ2n) is 4.17. The van der Waals surface area contributed by atoms with Crippen LogP contribution in [0.3, 0.4) is 0 Å². The largest absolute Gasteiger partial charge is 0.489 e. The van der Waals surface area contributed by atoms with Crippen molar-refractivity contribution in [2.45, 2.75) is 13.2 Å². The highest BCUT2D eigenvalue weighted by atomic mass is 79.9. The SMILES string of the molecule is CNCc1c(Cl)cccc1OCc1cccc(Br)c1. The van der Waals surface area contributed by atoms with Crippen molar-refractivity contribution < 1.29 is 4.74 Å². The third kappa shape index (κ3) is 3.96. The lowest BCUT2D eigenvalue weighted by Crippen LogP contribution is -2.08. The lowest BCUT2D eigenvalue weighted by atomic mass is 10.2. The van der Waals surface area contributed by atoms with Gasteiger partial charge in [0.25, 0.3) is 0 Å². The molecule has 0 aliphatic heterocycles. The number of nitrogens with one attached hydrogen (secondary N) is 1. The maximum atomic E-state index is 6.19. The molecule has 4 heteroatoms. The van der Waals surface area contributed by atoms with E-state index in [4.69, 9.17) is 16.3 Å². The standard InChI is InChI=1S/C15H15BrClNO/c1-18-9-13-14(17)6-3-7-15(13)19-10-11-4-2-5-12(16)8-11/h2-8,18H,9-10H2,1H3. The van der Waals surface area contributed by atoms with E-state index in [2.05, 4.69) is 21.2 Å². The van der Waals surface area contributed by atoms with E-state index in [0.717, 1.165) is 26.4 Å². The van der Waals surface area contributed by atoms with Gasteiger partial charge in [0.2, 0.25) is 0 Å². The van der Waals surface area contributed by atoms with Gasteiger partial charge in [0, 0.05) is 21.6 Å². The molecule has 0 unspecified atom stereocenters. The zero-order valence-corrected chi connectivity index (χ0v) is 13.0. The molecule has 2 nitrogen and oxygen atoms in total. The topological polar surface area (TPSA) is 21.3 Å². The summed E-state index contributed by atoms with van der Waals surface area (Å²) < 4.78 is 6.92. The molecular formula is C15H15BrClNO. The van der Waals surface area contributed by atoms with Gasteiger partial charge in [0.1, 0.15) is 12.4 Å². The maximum Gasteiger partial charge on any atom is 0.125 e. The highest BCUT2D eigenvalue weighted by molar-refractivity contribution is 9.10. The Kier molecular flexibility index (Phi) is 5.25. The Morgan fingerprint density at radius 2 is 2.00 bits per heavy atom. The minimum atomic E-state index is 0.524. The molecule has 0 fully saturated rings. The van der Waals surface area contributed by atoms with Gasteiger partial charge in [0.05, 0.1) is 0 Å². The van der Waals surface area contributed by atoms with Crippen LogP contribution in [0, 0.1) is 0 Å². The molecule has 0 aromatic heterocycles. The Labute approximate surface area is 126 Å². The van der Waals surface area contributed by atoms with Crippen LogP contribution in [0.4, 0.5) is 0 Å². The van der Waals surface area contributed by atoms with Crippen LogP contribution in [0.5, 0.6) is 5.75 Å². The molecule has 0 aliphatic carbocycles. The average Bonchev–Trinajstić information content (AvgIpc) is 2.40. The number of ether oxygens (including phenoxy) is 1. The molecular weight excluding hydrogens is 326 g/mol. The summed E-state index contributed by atoms with van der Waals surface area (Å²) in [5.41, 5.74) is 2.10. The first kappa shape index (κ1) is 14.4. The van der Waals surface area contributed by atoms with E-state index in [0.29, 0.717) is 13.2 Å². The van der Waals surface area contributed by atoms with E-state index in [1.165, 1.54) is 0 Å². The first-order valence-corrected chi connectivity index (χ1v) is 7.17. The molecule has 0 saturated heterocycles. The summed E-state index contributed by atoms with van der Waals surface area (Å²) in [4.78, 5) is 0. The zero-order chi connectivity index (χ0) is 13.7. The molecule has 2 rings (SSSR count). The van der Waals surface area contributed by atoms with Gasteiger partial charge in [-0.2, -0.15) is 0 Å². The van der Waals surface area contributed by atoms with E-state index in [1.54, 1.807) is 0 Å². The summed E-state index contributed by atoms with van der Waals surface area (Å²) in [7, 11) is 1.89. The van der Waals surface area contributed by atoms with Crippen LogP contribution in [0.2, 0.25) is 5.02 Å². The summed E-state index contributed by atoms with van der Waals surface area (Å²) in [5.74, 6) is 0.821. The fourth-order valence-electron chi connectivity index (χ4n) is 1.81. The molecule has 2 aromatic rings. The molecule has 0 spiro atoms. The maximum absolute atomic E-state index is 6.19. The van der Waals surface area contributed by atoms with Crippen molar-refractivity contribution in [3.8, 4) is 5.75 Å². The van der Waals surface area contributed by atoms with E-state index >= 15 is 0 Å². The summed E-state index contributed by atoms with van der Waals surface area (Å²) in [6.07, 6.45) is 0. The van der Waals surface area contributed by atoms with Gasteiger partial charge in [-0.05, 0) is 36.9 Å². The third-order valence-electron chi connectivity index (χ3n) is 2.71. The van der Waals surface area contributed by atoms with Crippen molar-refractivity contribution in [2.24, 2.45) is 0 Å². The summed E-state index contributed by atoms with van der Waals surface area (Å²) >= 11 is 9.64. The molecule has 0 heterocycles. The predicted molar refractivity (Wildman–Crippen MR) is 82.7 cm³/mol. The minimum absolute atomic E-state index is 0.524. The van der Waals surface area contributed by atoms with Crippen molar-refractivity contribution in [1.82, 2.24) is 5.32 Å². The Balaban J connectivity index is 2.13. The normalized spacial score (nSPS) is 10.5. The van der Waals surface area contributed by atoms with Gasteiger partial charge in [-0.1, -0.05) is 45.7 Å². The third-order valence-corrected chi connectivity index (χ3v) is 3.56. The van der Waals surface area contributed by atoms with E-state index in [9.17, 15) is 0 Å². The van der Waals surface area contributed by atoms with E-state index in [-0.39, 0.29) is 0 Å². The number of halogens is 2. The Hall–Kier alpha value is -1.03. The fraction of sp³-hybridized carbons (Fsp3) is 0.200. The second kappa shape index (κ2) is 6.94. The van der Waals surface area contributed by atoms with Crippen molar-refractivity contribution in [3.63, 3.8) is 0 Å². The van der Waals surface area contributed by atoms with Gasteiger partial charge in [-0.3, -0.25) is 0 Å². The quantitative estimate of drug-likeness (QED) is 0.871. The van der Waals surface area contributed by atoms with Gasteiger partial charge in [-0.15, -0.1) is 0 Å². The monoisotopic (exact) mass is 339 g/mol. The fourth-order valence-corrected chi connectivity index (χ4v) is 2.49. The highest BCUT2D eigenvalue weighted by Crippen LogP contribution is 2.27. The smallest absolute Gasteiger partial charge is 0.125 e. The number of benzene rings is 2. The molecule has 0 saturated carbocycles. The number of hydrogen-bond donors (Lipinski definition) is 1. The Morgan fingerprint density at radius 3 is 2.74 bits per heavy atom. The van der Waals surface area contributed by atoms with Crippen LogP contribution in [-0.4, -0.2) is 7.05 Å². The van der Waals surface area contributed by atoms with Crippen molar-refractivity contribution >= 4 is 27.5 Å². The van der Waals surface area contributed by atoms with Crippen molar-refractivity contribution in [1.29, 1.82) is 0 Å². The predicted octanol–water partition coefficient (Wildman–Crippen LogP) is 4.40. The van der Waals surface area contributed by atoms with Crippen LogP contribution in [0.25, 0.3) is 0 Å². The summed E-state index contributed by atoms with van der Waals surface area (Å²) in [6, 6.07) is 13.8. The summed E-state index contributed by atoms with van der Waals surface area (Å²) in [5, 5.41) is 3.82. The molecule has 100 valence electrons. The van der Waals surface area contributed by atoms with E-state index < -0.39 is 0 Å². The lowest BCUT2D eigenvalue weighted by molar-refractivity contribution is 0.302. The van der Waals surface area contributed by atoms with E-state index in [1.807, 2.05) is 49.5 Å². The molecule has 0 bridgehead atoms. The Bertz CT molecular complexity index is 560. The molecule has 0 radical (unpaired) electrons. The molecule has 0 aliphatic rings. The van der Waals surface area contributed by atoms with Gasteiger partial charge in [0.15, 0.2) is 0 Å².